The zero-order chi connectivity index (χ0) is 10.1. The van der Waals surface area contributed by atoms with Gasteiger partial charge in [-0.1, -0.05) is 31.9 Å². The van der Waals surface area contributed by atoms with E-state index in [1.165, 1.54) is 0 Å². The Balaban J connectivity index is 2.35. The minimum absolute atomic E-state index is 0.218. The van der Waals surface area contributed by atoms with Gasteiger partial charge in [-0.25, -0.2) is 0 Å². The van der Waals surface area contributed by atoms with E-state index in [4.69, 9.17) is 0 Å². The van der Waals surface area contributed by atoms with Crippen molar-refractivity contribution in [1.82, 2.24) is 0 Å². The Labute approximate surface area is 99.5 Å². The van der Waals surface area contributed by atoms with Gasteiger partial charge in [-0.05, 0) is 24.6 Å². The Morgan fingerprint density at radius 1 is 1.14 bits per heavy atom. The molecule has 0 aromatic heterocycles. The molecule has 0 saturated carbocycles. The second kappa shape index (κ2) is 4.03. The average Bonchev–Trinajstić information content (AvgIpc) is 2.49. The van der Waals surface area contributed by atoms with Crippen LogP contribution in [0.4, 0.5) is 5.69 Å². The van der Waals surface area contributed by atoms with Crippen LogP contribution in [0, 0.1) is 0 Å². The zero-order valence-electron chi connectivity index (χ0n) is 7.46. The molecule has 1 aliphatic rings. The highest BCUT2D eigenvalue weighted by atomic mass is 79.9. The number of halogens is 2. The van der Waals surface area contributed by atoms with Gasteiger partial charge < -0.3 is 4.90 Å². The summed E-state index contributed by atoms with van der Waals surface area (Å²) in [6.07, 6.45) is 1.63. The van der Waals surface area contributed by atoms with Gasteiger partial charge in [-0.15, -0.1) is 0 Å². The fraction of sp³-hybridized carbons (Fsp3) is 0.300. The summed E-state index contributed by atoms with van der Waals surface area (Å²) >= 11 is 6.82. The van der Waals surface area contributed by atoms with Crippen molar-refractivity contribution in [2.45, 2.75) is 12.8 Å². The van der Waals surface area contributed by atoms with Crippen molar-refractivity contribution in [3.05, 3.63) is 27.1 Å². The van der Waals surface area contributed by atoms with Crippen LogP contribution >= 0.6 is 31.9 Å². The Hall–Kier alpha value is -0.350. The Morgan fingerprint density at radius 2 is 1.79 bits per heavy atom. The molecular weight excluding hydrogens is 310 g/mol. The lowest BCUT2D eigenvalue weighted by Crippen LogP contribution is -2.23. The monoisotopic (exact) mass is 317 g/mol. The molecular formula is C10H9Br2NO. The SMILES string of the molecule is O=C1CCCN1c1cc(Br)cc(Br)c1. The molecule has 74 valence electrons. The second-order valence-corrected chi connectivity index (χ2v) is 5.11. The molecule has 1 aromatic carbocycles. The smallest absolute Gasteiger partial charge is 0.227 e. The van der Waals surface area contributed by atoms with Gasteiger partial charge in [0.05, 0.1) is 0 Å². The summed E-state index contributed by atoms with van der Waals surface area (Å²) in [5, 5.41) is 0. The van der Waals surface area contributed by atoms with E-state index in [2.05, 4.69) is 31.9 Å². The molecule has 2 nitrogen and oxygen atoms in total. The van der Waals surface area contributed by atoms with Gasteiger partial charge in [0, 0.05) is 27.6 Å². The van der Waals surface area contributed by atoms with Gasteiger partial charge in [-0.2, -0.15) is 0 Å². The lowest BCUT2D eigenvalue weighted by Gasteiger charge is -2.16. The average molecular weight is 319 g/mol. The lowest BCUT2D eigenvalue weighted by atomic mass is 10.3. The molecule has 0 N–H and O–H groups in total. The van der Waals surface area contributed by atoms with Crippen molar-refractivity contribution in [3.8, 4) is 0 Å². The van der Waals surface area contributed by atoms with Gasteiger partial charge in [0.2, 0.25) is 5.91 Å². The third-order valence-corrected chi connectivity index (χ3v) is 3.15. The van der Waals surface area contributed by atoms with Crippen LogP contribution in [0.25, 0.3) is 0 Å². The van der Waals surface area contributed by atoms with Crippen molar-refractivity contribution >= 4 is 43.5 Å². The summed E-state index contributed by atoms with van der Waals surface area (Å²) in [4.78, 5) is 13.3. The maximum absolute atomic E-state index is 11.5. The minimum Gasteiger partial charge on any atom is -0.312 e. The van der Waals surface area contributed by atoms with Crippen molar-refractivity contribution in [1.29, 1.82) is 0 Å². The number of nitrogens with zero attached hydrogens (tertiary/aromatic N) is 1. The van der Waals surface area contributed by atoms with Crippen LogP contribution < -0.4 is 4.90 Å². The molecule has 1 saturated heterocycles. The largest absolute Gasteiger partial charge is 0.312 e. The number of hydrogen-bond acceptors (Lipinski definition) is 1. The zero-order valence-corrected chi connectivity index (χ0v) is 10.6. The minimum atomic E-state index is 0.218. The number of amides is 1. The van der Waals surface area contributed by atoms with E-state index < -0.39 is 0 Å². The lowest BCUT2D eigenvalue weighted by molar-refractivity contribution is -0.117. The van der Waals surface area contributed by atoms with Crippen LogP contribution in [0.3, 0.4) is 0 Å². The summed E-state index contributed by atoms with van der Waals surface area (Å²) in [6, 6.07) is 5.89. The summed E-state index contributed by atoms with van der Waals surface area (Å²) in [6.45, 7) is 0.835. The highest BCUT2D eigenvalue weighted by Crippen LogP contribution is 2.28. The van der Waals surface area contributed by atoms with E-state index in [0.29, 0.717) is 6.42 Å². The first kappa shape index (κ1) is 10.2. The number of anilines is 1. The number of hydrogen-bond donors (Lipinski definition) is 0. The van der Waals surface area contributed by atoms with E-state index in [9.17, 15) is 4.79 Å². The van der Waals surface area contributed by atoms with E-state index >= 15 is 0 Å². The van der Waals surface area contributed by atoms with Crippen LogP contribution in [0.5, 0.6) is 0 Å². The predicted octanol–water partition coefficient (Wildman–Crippen LogP) is 3.34. The molecule has 1 aliphatic heterocycles. The molecule has 4 heteroatoms. The molecule has 14 heavy (non-hydrogen) atoms. The van der Waals surface area contributed by atoms with Crippen LogP contribution in [0.2, 0.25) is 0 Å². The van der Waals surface area contributed by atoms with Crippen LogP contribution in [0.1, 0.15) is 12.8 Å². The first-order valence-corrected chi connectivity index (χ1v) is 6.02. The molecule has 1 amide bonds. The molecule has 0 atom stereocenters. The highest BCUT2D eigenvalue weighted by Gasteiger charge is 2.21. The normalized spacial score (nSPS) is 16.4. The third-order valence-electron chi connectivity index (χ3n) is 2.23. The van der Waals surface area contributed by atoms with Crippen molar-refractivity contribution in [2.24, 2.45) is 0 Å². The van der Waals surface area contributed by atoms with Crippen LogP contribution in [0.15, 0.2) is 27.1 Å². The predicted molar refractivity (Wildman–Crippen MR) is 63.4 cm³/mol. The standard InChI is InChI=1S/C10H9Br2NO/c11-7-4-8(12)6-9(5-7)13-3-1-2-10(13)14/h4-6H,1-3H2. The van der Waals surface area contributed by atoms with E-state index in [1.807, 2.05) is 23.1 Å². The molecule has 0 bridgehead atoms. The van der Waals surface area contributed by atoms with Crippen molar-refractivity contribution < 1.29 is 4.79 Å². The van der Waals surface area contributed by atoms with Gasteiger partial charge in [0.25, 0.3) is 0 Å². The molecule has 1 aromatic rings. The molecule has 1 fully saturated rings. The number of carbonyl (C=O) groups excluding carboxylic acids is 1. The van der Waals surface area contributed by atoms with Crippen LogP contribution in [-0.2, 0) is 4.79 Å². The highest BCUT2D eigenvalue weighted by molar-refractivity contribution is 9.11. The van der Waals surface area contributed by atoms with Gasteiger partial charge in [0.1, 0.15) is 0 Å². The third kappa shape index (κ3) is 2.01. The first-order valence-electron chi connectivity index (χ1n) is 4.43. The fourth-order valence-corrected chi connectivity index (χ4v) is 2.89. The Bertz CT molecular complexity index is 358. The Morgan fingerprint density at radius 3 is 2.29 bits per heavy atom. The Kier molecular flexibility index (Phi) is 2.93. The molecule has 0 aliphatic carbocycles. The maximum atomic E-state index is 11.5. The van der Waals surface area contributed by atoms with E-state index in [0.717, 1.165) is 27.6 Å². The number of benzene rings is 1. The van der Waals surface area contributed by atoms with Gasteiger partial charge in [0.15, 0.2) is 0 Å². The van der Waals surface area contributed by atoms with Crippen LogP contribution in [-0.4, -0.2) is 12.5 Å². The molecule has 0 unspecified atom stereocenters. The molecule has 2 rings (SSSR count). The number of carbonyl (C=O) groups is 1. The summed E-state index contributed by atoms with van der Waals surface area (Å²) in [5.74, 6) is 0.218. The van der Waals surface area contributed by atoms with E-state index in [-0.39, 0.29) is 5.91 Å². The summed E-state index contributed by atoms with van der Waals surface area (Å²) < 4.78 is 1.98. The topological polar surface area (TPSA) is 20.3 Å². The number of rotatable bonds is 1. The van der Waals surface area contributed by atoms with Crippen molar-refractivity contribution in [2.75, 3.05) is 11.4 Å². The maximum Gasteiger partial charge on any atom is 0.227 e. The van der Waals surface area contributed by atoms with Gasteiger partial charge in [-0.3, -0.25) is 4.79 Å². The second-order valence-electron chi connectivity index (χ2n) is 3.28. The fourth-order valence-electron chi connectivity index (χ4n) is 1.62. The summed E-state index contributed by atoms with van der Waals surface area (Å²) in [5.41, 5.74) is 0.966. The molecule has 0 radical (unpaired) electrons. The first-order chi connectivity index (χ1) is 6.66. The molecule has 1 heterocycles. The van der Waals surface area contributed by atoms with Crippen molar-refractivity contribution in [3.63, 3.8) is 0 Å². The van der Waals surface area contributed by atoms with E-state index in [1.54, 1.807) is 0 Å². The molecule has 0 spiro atoms. The van der Waals surface area contributed by atoms with Gasteiger partial charge >= 0.3 is 0 Å². The summed E-state index contributed by atoms with van der Waals surface area (Å²) in [7, 11) is 0. The quantitative estimate of drug-likeness (QED) is 0.777.